The second-order valence-corrected chi connectivity index (χ2v) is 8.24. The van der Waals surface area contributed by atoms with Gasteiger partial charge in [0.1, 0.15) is 16.2 Å². The number of thioether (sulfide) groups is 1. The molecule has 2 aromatic heterocycles. The third-order valence-corrected chi connectivity index (χ3v) is 6.14. The minimum atomic E-state index is -0.427. The maximum Gasteiger partial charge on any atom is 0.269 e. The van der Waals surface area contributed by atoms with Crippen LogP contribution in [-0.4, -0.2) is 27.0 Å². The number of carbonyl (C=O) groups is 2. The van der Waals surface area contributed by atoms with Gasteiger partial charge in [-0.05, 0) is 38.5 Å². The first kappa shape index (κ1) is 18.3. The number of fused-ring (bicyclic) bond motifs is 1. The van der Waals surface area contributed by atoms with Crippen LogP contribution in [0.15, 0.2) is 41.7 Å². The Morgan fingerprint density at radius 2 is 1.85 bits per heavy atom. The predicted octanol–water partition coefficient (Wildman–Crippen LogP) is 3.25. The summed E-state index contributed by atoms with van der Waals surface area (Å²) in [7, 11) is 0. The number of hydrazine groups is 1. The Morgan fingerprint density at radius 1 is 1.12 bits per heavy atom. The van der Waals surface area contributed by atoms with Crippen molar-refractivity contribution >= 4 is 45.1 Å². The van der Waals surface area contributed by atoms with Crippen molar-refractivity contribution in [3.05, 3.63) is 52.7 Å². The van der Waals surface area contributed by atoms with Crippen LogP contribution >= 0.6 is 23.1 Å². The number of hydrogen-bond donors (Lipinski definition) is 2. The zero-order valence-corrected chi connectivity index (χ0v) is 16.2. The van der Waals surface area contributed by atoms with Crippen LogP contribution in [0.2, 0.25) is 0 Å². The second-order valence-electron chi connectivity index (χ2n) is 5.71. The molecular formula is C18H18N4O2S2. The highest BCUT2D eigenvalue weighted by Crippen LogP contribution is 2.35. The van der Waals surface area contributed by atoms with Crippen molar-refractivity contribution in [1.29, 1.82) is 0 Å². The molecule has 0 aliphatic rings. The molecule has 3 rings (SSSR count). The van der Waals surface area contributed by atoms with E-state index < -0.39 is 5.25 Å². The maximum absolute atomic E-state index is 12.3. The zero-order chi connectivity index (χ0) is 18.7. The lowest BCUT2D eigenvalue weighted by Gasteiger charge is -2.13. The van der Waals surface area contributed by atoms with E-state index in [0.29, 0.717) is 5.56 Å². The van der Waals surface area contributed by atoms with Crippen molar-refractivity contribution in [2.75, 3.05) is 0 Å². The van der Waals surface area contributed by atoms with Crippen LogP contribution in [0.5, 0.6) is 0 Å². The van der Waals surface area contributed by atoms with Gasteiger partial charge in [0.2, 0.25) is 0 Å². The van der Waals surface area contributed by atoms with Crippen molar-refractivity contribution in [1.82, 2.24) is 20.8 Å². The van der Waals surface area contributed by atoms with E-state index in [9.17, 15) is 9.59 Å². The molecule has 8 heteroatoms. The Bertz CT molecular complexity index is 956. The summed E-state index contributed by atoms with van der Waals surface area (Å²) in [5.74, 6) is -0.652. The number of amides is 2. The molecule has 134 valence electrons. The minimum absolute atomic E-state index is 0.296. The maximum atomic E-state index is 12.3. The number of hydrogen-bond acceptors (Lipinski definition) is 6. The Balaban J connectivity index is 1.66. The predicted molar refractivity (Wildman–Crippen MR) is 104 cm³/mol. The van der Waals surface area contributed by atoms with Crippen LogP contribution < -0.4 is 10.9 Å². The van der Waals surface area contributed by atoms with Crippen LogP contribution in [-0.2, 0) is 4.79 Å². The van der Waals surface area contributed by atoms with Gasteiger partial charge in [-0.15, -0.1) is 11.3 Å². The summed E-state index contributed by atoms with van der Waals surface area (Å²) in [4.78, 5) is 35.1. The molecular weight excluding hydrogens is 368 g/mol. The number of thiophene rings is 1. The van der Waals surface area contributed by atoms with E-state index in [0.717, 1.165) is 20.8 Å². The number of nitrogens with zero attached hydrogens (tertiary/aromatic N) is 2. The van der Waals surface area contributed by atoms with Gasteiger partial charge in [0.05, 0.1) is 5.25 Å². The summed E-state index contributed by atoms with van der Waals surface area (Å²) >= 11 is 2.97. The number of benzene rings is 1. The zero-order valence-electron chi connectivity index (χ0n) is 14.6. The molecule has 0 aliphatic carbocycles. The highest BCUT2D eigenvalue weighted by Gasteiger charge is 2.20. The molecule has 0 aliphatic heterocycles. The number of aryl methyl sites for hydroxylation is 2. The molecule has 0 saturated carbocycles. The van der Waals surface area contributed by atoms with E-state index in [-0.39, 0.29) is 11.8 Å². The first-order valence-electron chi connectivity index (χ1n) is 8.00. The normalized spacial score (nSPS) is 12.0. The largest absolute Gasteiger partial charge is 0.272 e. The third kappa shape index (κ3) is 3.86. The lowest BCUT2D eigenvalue weighted by molar-refractivity contribution is -0.121. The SMILES string of the molecule is Cc1sc2ncnc(S[C@H](C)C(=O)NNC(=O)c3ccccc3)c2c1C. The Labute approximate surface area is 159 Å². The standard InChI is InChI=1S/C18H18N4O2S2/c1-10-11(2)25-17-14(10)18(20-9-19-17)26-12(3)15(23)21-22-16(24)13-7-5-4-6-8-13/h4-9,12H,1-3H3,(H,21,23)(H,22,24)/t12-/m1/s1. The lowest BCUT2D eigenvalue weighted by atomic mass is 10.2. The van der Waals surface area contributed by atoms with Gasteiger partial charge in [-0.3, -0.25) is 20.4 Å². The highest BCUT2D eigenvalue weighted by molar-refractivity contribution is 8.00. The van der Waals surface area contributed by atoms with Crippen LogP contribution in [0.3, 0.4) is 0 Å². The van der Waals surface area contributed by atoms with Crippen LogP contribution in [0.1, 0.15) is 27.7 Å². The highest BCUT2D eigenvalue weighted by atomic mass is 32.2. The molecule has 0 bridgehead atoms. The van der Waals surface area contributed by atoms with Gasteiger partial charge in [0.25, 0.3) is 11.8 Å². The van der Waals surface area contributed by atoms with Gasteiger partial charge < -0.3 is 0 Å². The molecule has 0 fully saturated rings. The molecule has 1 aromatic carbocycles. The molecule has 2 heterocycles. The fourth-order valence-corrected chi connectivity index (χ4v) is 4.38. The topological polar surface area (TPSA) is 84.0 Å². The smallest absolute Gasteiger partial charge is 0.269 e. The summed E-state index contributed by atoms with van der Waals surface area (Å²) in [5.41, 5.74) is 6.52. The van der Waals surface area contributed by atoms with Crippen molar-refractivity contribution in [3.8, 4) is 0 Å². The fraction of sp³-hybridized carbons (Fsp3) is 0.222. The third-order valence-electron chi connectivity index (χ3n) is 3.92. The molecule has 0 unspecified atom stereocenters. The van der Waals surface area contributed by atoms with E-state index in [4.69, 9.17) is 0 Å². The van der Waals surface area contributed by atoms with Crippen molar-refractivity contribution in [2.24, 2.45) is 0 Å². The monoisotopic (exact) mass is 386 g/mol. The fourth-order valence-electron chi connectivity index (χ4n) is 2.34. The number of nitrogens with one attached hydrogen (secondary N) is 2. The van der Waals surface area contributed by atoms with E-state index in [1.54, 1.807) is 42.5 Å². The van der Waals surface area contributed by atoms with Crippen molar-refractivity contribution < 1.29 is 9.59 Å². The summed E-state index contributed by atoms with van der Waals surface area (Å²) in [6.07, 6.45) is 1.52. The van der Waals surface area contributed by atoms with Crippen molar-refractivity contribution in [2.45, 2.75) is 31.0 Å². The summed E-state index contributed by atoms with van der Waals surface area (Å²) < 4.78 is 0. The van der Waals surface area contributed by atoms with Gasteiger partial charge in [0.15, 0.2) is 0 Å². The van der Waals surface area contributed by atoms with E-state index in [1.165, 1.54) is 23.0 Å². The molecule has 2 amide bonds. The molecule has 0 spiro atoms. The summed E-state index contributed by atoms with van der Waals surface area (Å²) in [6.45, 7) is 5.86. The van der Waals surface area contributed by atoms with Gasteiger partial charge in [-0.1, -0.05) is 30.0 Å². The first-order chi connectivity index (χ1) is 12.5. The van der Waals surface area contributed by atoms with E-state index in [1.807, 2.05) is 19.9 Å². The van der Waals surface area contributed by atoms with Crippen molar-refractivity contribution in [3.63, 3.8) is 0 Å². The van der Waals surface area contributed by atoms with E-state index >= 15 is 0 Å². The molecule has 6 nitrogen and oxygen atoms in total. The molecule has 0 radical (unpaired) electrons. The lowest BCUT2D eigenvalue weighted by Crippen LogP contribution is -2.44. The van der Waals surface area contributed by atoms with Gasteiger partial charge in [-0.2, -0.15) is 0 Å². The first-order valence-corrected chi connectivity index (χ1v) is 9.69. The second kappa shape index (κ2) is 7.84. The van der Waals surface area contributed by atoms with Crippen LogP contribution in [0.25, 0.3) is 10.2 Å². The Hall–Kier alpha value is -2.45. The average Bonchev–Trinajstić information content (AvgIpc) is 2.95. The van der Waals surface area contributed by atoms with Gasteiger partial charge >= 0.3 is 0 Å². The molecule has 26 heavy (non-hydrogen) atoms. The summed E-state index contributed by atoms with van der Waals surface area (Å²) in [5, 5.41) is 1.34. The Kier molecular flexibility index (Phi) is 5.53. The number of carbonyl (C=O) groups excluding carboxylic acids is 2. The van der Waals surface area contributed by atoms with Crippen LogP contribution in [0, 0.1) is 13.8 Å². The Morgan fingerprint density at radius 3 is 2.58 bits per heavy atom. The van der Waals surface area contributed by atoms with E-state index in [2.05, 4.69) is 20.8 Å². The molecule has 1 atom stereocenters. The summed E-state index contributed by atoms with van der Waals surface area (Å²) in [6, 6.07) is 8.71. The van der Waals surface area contributed by atoms with Gasteiger partial charge in [0, 0.05) is 15.8 Å². The molecule has 0 saturated heterocycles. The van der Waals surface area contributed by atoms with Gasteiger partial charge in [-0.25, -0.2) is 9.97 Å². The molecule has 3 aromatic rings. The minimum Gasteiger partial charge on any atom is -0.272 e. The quantitative estimate of drug-likeness (QED) is 0.408. The van der Waals surface area contributed by atoms with Crippen LogP contribution in [0.4, 0.5) is 0 Å². The number of rotatable bonds is 4. The average molecular weight is 387 g/mol. The number of aromatic nitrogens is 2. The molecule has 2 N–H and O–H groups in total.